The highest BCUT2D eigenvalue weighted by Crippen LogP contribution is 2.56. The quantitative estimate of drug-likeness (QED) is 0.862. The first-order valence-corrected chi connectivity index (χ1v) is 8.23. The van der Waals surface area contributed by atoms with Crippen molar-refractivity contribution < 1.29 is 4.79 Å². The van der Waals surface area contributed by atoms with Gasteiger partial charge >= 0.3 is 0 Å². The minimum atomic E-state index is 0.248. The average Bonchev–Trinajstić information content (AvgIpc) is 3.20. The maximum atomic E-state index is 12.9. The van der Waals surface area contributed by atoms with Crippen molar-refractivity contribution in [2.45, 2.75) is 52.1 Å². The van der Waals surface area contributed by atoms with Crippen LogP contribution in [-0.2, 0) is 11.3 Å². The van der Waals surface area contributed by atoms with Crippen molar-refractivity contribution in [2.75, 3.05) is 5.73 Å². The average molecular weight is 286 g/mol. The number of carbonyl (C=O) groups excluding carboxylic acids is 1. The predicted molar refractivity (Wildman–Crippen MR) is 85.5 cm³/mol. The first kappa shape index (κ1) is 14.4. The Morgan fingerprint density at radius 1 is 1.19 bits per heavy atom. The second kappa shape index (κ2) is 5.70. The fourth-order valence-electron chi connectivity index (χ4n) is 3.88. The predicted octanol–water partition coefficient (Wildman–Crippen LogP) is 3.44. The molecule has 3 rings (SSSR count). The van der Waals surface area contributed by atoms with Crippen LogP contribution in [0.2, 0.25) is 0 Å². The molecule has 2 aliphatic carbocycles. The van der Waals surface area contributed by atoms with Crippen molar-refractivity contribution in [3.63, 3.8) is 0 Å². The first-order valence-electron chi connectivity index (χ1n) is 8.23. The summed E-state index contributed by atoms with van der Waals surface area (Å²) in [7, 11) is 0. The minimum absolute atomic E-state index is 0.248. The van der Waals surface area contributed by atoms with Crippen LogP contribution in [0.3, 0.4) is 0 Å². The summed E-state index contributed by atoms with van der Waals surface area (Å²) in [6, 6.07) is 8.12. The lowest BCUT2D eigenvalue weighted by molar-refractivity contribution is -0.135. The number of hydrogen-bond donors (Lipinski definition) is 1. The van der Waals surface area contributed by atoms with E-state index in [1.165, 1.54) is 25.7 Å². The highest BCUT2D eigenvalue weighted by Gasteiger charge is 2.55. The van der Waals surface area contributed by atoms with Crippen molar-refractivity contribution in [2.24, 2.45) is 17.8 Å². The largest absolute Gasteiger partial charge is 0.399 e. The maximum Gasteiger partial charge on any atom is 0.226 e. The van der Waals surface area contributed by atoms with E-state index < -0.39 is 0 Å². The smallest absolute Gasteiger partial charge is 0.226 e. The van der Waals surface area contributed by atoms with Crippen LogP contribution in [0, 0.1) is 17.8 Å². The summed E-state index contributed by atoms with van der Waals surface area (Å²) in [5.74, 6) is 2.04. The molecular formula is C18H26N2O. The molecule has 114 valence electrons. The molecular weight excluding hydrogens is 260 g/mol. The van der Waals surface area contributed by atoms with E-state index in [2.05, 4.69) is 18.7 Å². The number of rotatable bonds is 4. The van der Waals surface area contributed by atoms with Gasteiger partial charge in [-0.25, -0.2) is 0 Å². The van der Waals surface area contributed by atoms with Crippen molar-refractivity contribution in [1.82, 2.24) is 4.90 Å². The number of fused-ring (bicyclic) bond motifs is 1. The molecule has 2 aliphatic rings. The number of hydrogen-bond acceptors (Lipinski definition) is 2. The second-order valence-corrected chi connectivity index (χ2v) is 6.94. The van der Waals surface area contributed by atoms with E-state index in [-0.39, 0.29) is 6.04 Å². The van der Waals surface area contributed by atoms with Gasteiger partial charge < -0.3 is 10.6 Å². The Hall–Kier alpha value is -1.51. The van der Waals surface area contributed by atoms with Crippen LogP contribution in [0.5, 0.6) is 0 Å². The molecule has 3 heteroatoms. The summed E-state index contributed by atoms with van der Waals surface area (Å²) in [4.78, 5) is 14.9. The Labute approximate surface area is 127 Å². The highest BCUT2D eigenvalue weighted by molar-refractivity contribution is 5.82. The van der Waals surface area contributed by atoms with Gasteiger partial charge in [0, 0.05) is 24.2 Å². The molecule has 0 bridgehead atoms. The summed E-state index contributed by atoms with van der Waals surface area (Å²) in [5, 5.41) is 0. The van der Waals surface area contributed by atoms with Gasteiger partial charge in [-0.3, -0.25) is 4.79 Å². The van der Waals surface area contributed by atoms with E-state index in [0.717, 1.165) is 11.3 Å². The first-order chi connectivity index (χ1) is 10.1. The third-order valence-corrected chi connectivity index (χ3v) is 5.18. The topological polar surface area (TPSA) is 46.3 Å². The van der Waals surface area contributed by atoms with Crippen LogP contribution < -0.4 is 5.73 Å². The third-order valence-electron chi connectivity index (χ3n) is 5.18. The molecule has 1 aromatic rings. The summed E-state index contributed by atoms with van der Waals surface area (Å²) in [5.41, 5.74) is 7.67. The minimum Gasteiger partial charge on any atom is -0.399 e. The maximum absolute atomic E-state index is 12.9. The number of nitrogen functional groups attached to an aromatic ring is 1. The molecule has 2 unspecified atom stereocenters. The molecule has 3 nitrogen and oxygen atoms in total. The van der Waals surface area contributed by atoms with Gasteiger partial charge in [-0.2, -0.15) is 0 Å². The summed E-state index contributed by atoms with van der Waals surface area (Å²) in [6.45, 7) is 4.93. The van der Waals surface area contributed by atoms with E-state index in [1.54, 1.807) is 0 Å². The van der Waals surface area contributed by atoms with Crippen molar-refractivity contribution in [3.05, 3.63) is 29.8 Å². The summed E-state index contributed by atoms with van der Waals surface area (Å²) < 4.78 is 0. The van der Waals surface area contributed by atoms with Crippen LogP contribution in [0.4, 0.5) is 5.69 Å². The van der Waals surface area contributed by atoms with Crippen LogP contribution in [-0.4, -0.2) is 16.8 Å². The van der Waals surface area contributed by atoms with Gasteiger partial charge in [0.05, 0.1) is 0 Å². The molecule has 0 spiro atoms. The summed E-state index contributed by atoms with van der Waals surface area (Å²) in [6.07, 6.45) is 5.14. The molecule has 1 aromatic carbocycles. The fourth-order valence-corrected chi connectivity index (χ4v) is 3.88. The number of nitrogens with zero attached hydrogens (tertiary/aromatic N) is 1. The molecule has 0 radical (unpaired) electrons. The van der Waals surface area contributed by atoms with Crippen LogP contribution in [0.25, 0.3) is 0 Å². The van der Waals surface area contributed by atoms with Gasteiger partial charge in [0.15, 0.2) is 0 Å². The molecule has 1 amide bonds. The molecule has 0 aromatic heterocycles. The lowest BCUT2D eigenvalue weighted by Crippen LogP contribution is -2.38. The zero-order chi connectivity index (χ0) is 15.0. The lowest BCUT2D eigenvalue weighted by Gasteiger charge is -2.27. The molecule has 0 saturated heterocycles. The van der Waals surface area contributed by atoms with Crippen molar-refractivity contribution >= 4 is 11.6 Å². The number of carbonyl (C=O) groups is 1. The Morgan fingerprint density at radius 2 is 1.76 bits per heavy atom. The number of anilines is 1. The zero-order valence-corrected chi connectivity index (χ0v) is 13.1. The molecule has 2 fully saturated rings. The Bertz CT molecular complexity index is 496. The van der Waals surface area contributed by atoms with E-state index in [9.17, 15) is 4.79 Å². The van der Waals surface area contributed by atoms with Gasteiger partial charge in [0.25, 0.3) is 0 Å². The fraction of sp³-hybridized carbons (Fsp3) is 0.611. The summed E-state index contributed by atoms with van der Waals surface area (Å²) >= 11 is 0. The Morgan fingerprint density at radius 3 is 2.29 bits per heavy atom. The van der Waals surface area contributed by atoms with Gasteiger partial charge in [0.2, 0.25) is 5.91 Å². The second-order valence-electron chi connectivity index (χ2n) is 6.94. The highest BCUT2D eigenvalue weighted by atomic mass is 16.2. The van der Waals surface area contributed by atoms with E-state index in [4.69, 9.17) is 5.73 Å². The van der Waals surface area contributed by atoms with Gasteiger partial charge in [-0.15, -0.1) is 0 Å². The SMILES string of the molecule is CC(C)N(Cc1ccc(N)cc1)C(=O)C1C2CCCCC21. The standard InChI is InChI=1S/C18H26N2O/c1-12(2)20(11-13-7-9-14(19)10-8-13)18(21)17-15-5-3-4-6-16(15)17/h7-10,12,15-17H,3-6,11,19H2,1-2H3. The molecule has 2 atom stereocenters. The third kappa shape index (κ3) is 2.92. The van der Waals surface area contributed by atoms with Crippen molar-refractivity contribution in [3.8, 4) is 0 Å². The molecule has 0 heterocycles. The van der Waals surface area contributed by atoms with E-state index >= 15 is 0 Å². The lowest BCUT2D eigenvalue weighted by atomic mass is 10.0. The Balaban J connectivity index is 1.69. The Kier molecular flexibility index (Phi) is 3.92. The molecule has 2 N–H and O–H groups in total. The zero-order valence-electron chi connectivity index (χ0n) is 13.1. The van der Waals surface area contributed by atoms with Gasteiger partial charge in [-0.1, -0.05) is 25.0 Å². The molecule has 0 aliphatic heterocycles. The number of amides is 1. The molecule has 2 saturated carbocycles. The normalized spacial score (nSPS) is 27.3. The van der Waals surface area contributed by atoms with Crippen LogP contribution in [0.15, 0.2) is 24.3 Å². The van der Waals surface area contributed by atoms with Gasteiger partial charge in [0.1, 0.15) is 0 Å². The molecule has 21 heavy (non-hydrogen) atoms. The number of nitrogens with two attached hydrogens (primary N) is 1. The van der Waals surface area contributed by atoms with Gasteiger partial charge in [-0.05, 0) is 56.2 Å². The number of benzene rings is 1. The van der Waals surface area contributed by atoms with E-state index in [0.29, 0.717) is 30.2 Å². The van der Waals surface area contributed by atoms with Crippen molar-refractivity contribution in [1.29, 1.82) is 0 Å². The van der Waals surface area contributed by atoms with Crippen LogP contribution >= 0.6 is 0 Å². The monoisotopic (exact) mass is 286 g/mol. The van der Waals surface area contributed by atoms with Crippen LogP contribution in [0.1, 0.15) is 45.1 Å². The van der Waals surface area contributed by atoms with E-state index in [1.807, 2.05) is 24.3 Å².